The van der Waals surface area contributed by atoms with Crippen molar-refractivity contribution in [2.45, 2.75) is 24.8 Å². The molecule has 0 aromatic carbocycles. The lowest BCUT2D eigenvalue weighted by molar-refractivity contribution is 0.263. The molecule has 98 valence electrons. The van der Waals surface area contributed by atoms with E-state index >= 15 is 0 Å². The molecule has 1 saturated heterocycles. The van der Waals surface area contributed by atoms with E-state index in [-0.39, 0.29) is 11.6 Å². The lowest BCUT2D eigenvalue weighted by Crippen LogP contribution is -2.35. The SMILES string of the molecule is CN1CCSCC1c1nc(C2CC2)c(Br)c(=O)[nH]1. The van der Waals surface area contributed by atoms with Crippen molar-refractivity contribution in [3.63, 3.8) is 0 Å². The summed E-state index contributed by atoms with van der Waals surface area (Å²) in [7, 11) is 2.10. The second kappa shape index (κ2) is 4.98. The van der Waals surface area contributed by atoms with E-state index in [4.69, 9.17) is 4.98 Å². The highest BCUT2D eigenvalue weighted by Crippen LogP contribution is 2.41. The fourth-order valence-electron chi connectivity index (χ4n) is 2.25. The van der Waals surface area contributed by atoms with Crippen molar-refractivity contribution in [1.82, 2.24) is 14.9 Å². The molecule has 0 bridgehead atoms. The molecule has 6 heteroatoms. The van der Waals surface area contributed by atoms with Crippen LogP contribution in [0.4, 0.5) is 0 Å². The van der Waals surface area contributed by atoms with E-state index in [9.17, 15) is 4.79 Å². The Morgan fingerprint density at radius 3 is 2.94 bits per heavy atom. The van der Waals surface area contributed by atoms with Crippen molar-refractivity contribution in [3.05, 3.63) is 26.3 Å². The van der Waals surface area contributed by atoms with E-state index < -0.39 is 0 Å². The Balaban J connectivity index is 1.98. The predicted molar refractivity (Wildman–Crippen MR) is 77.2 cm³/mol. The number of hydrogen-bond donors (Lipinski definition) is 1. The quantitative estimate of drug-likeness (QED) is 0.903. The highest BCUT2D eigenvalue weighted by molar-refractivity contribution is 9.10. The first-order valence-electron chi connectivity index (χ1n) is 6.24. The van der Waals surface area contributed by atoms with Gasteiger partial charge in [0.05, 0.1) is 11.7 Å². The van der Waals surface area contributed by atoms with Crippen LogP contribution < -0.4 is 5.56 Å². The molecule has 0 spiro atoms. The lowest BCUT2D eigenvalue weighted by atomic mass is 10.2. The molecule has 3 rings (SSSR count). The fraction of sp³-hybridized carbons (Fsp3) is 0.667. The van der Waals surface area contributed by atoms with Crippen molar-refractivity contribution in [1.29, 1.82) is 0 Å². The molecular weight excluding hydrogens is 314 g/mol. The number of hydrogen-bond acceptors (Lipinski definition) is 4. The molecule has 2 fully saturated rings. The zero-order chi connectivity index (χ0) is 12.7. The number of nitrogens with zero attached hydrogens (tertiary/aromatic N) is 2. The Bertz CT molecular complexity index is 515. The summed E-state index contributed by atoms with van der Waals surface area (Å²) in [6.07, 6.45) is 2.31. The number of aromatic amines is 1. The Kier molecular flexibility index (Phi) is 3.51. The minimum Gasteiger partial charge on any atom is -0.308 e. The summed E-state index contributed by atoms with van der Waals surface area (Å²) in [6.45, 7) is 1.05. The summed E-state index contributed by atoms with van der Waals surface area (Å²) in [6, 6.07) is 0.238. The molecule has 2 aliphatic rings. The minimum absolute atomic E-state index is 0.0362. The van der Waals surface area contributed by atoms with E-state index in [1.165, 1.54) is 0 Å². The first-order valence-corrected chi connectivity index (χ1v) is 8.19. The third-order valence-electron chi connectivity index (χ3n) is 3.58. The van der Waals surface area contributed by atoms with Gasteiger partial charge in [-0.2, -0.15) is 11.8 Å². The third-order valence-corrected chi connectivity index (χ3v) is 5.37. The molecule has 18 heavy (non-hydrogen) atoms. The summed E-state index contributed by atoms with van der Waals surface area (Å²) in [5.74, 6) is 3.48. The highest BCUT2D eigenvalue weighted by Gasteiger charge is 2.31. The molecule has 0 amide bonds. The van der Waals surface area contributed by atoms with Gasteiger partial charge in [-0.1, -0.05) is 0 Å². The van der Waals surface area contributed by atoms with E-state index in [1.807, 2.05) is 11.8 Å². The third kappa shape index (κ3) is 2.38. The van der Waals surface area contributed by atoms with Crippen LogP contribution in [0.2, 0.25) is 0 Å². The van der Waals surface area contributed by atoms with Crippen LogP contribution in [0.5, 0.6) is 0 Å². The van der Waals surface area contributed by atoms with Crippen LogP contribution in [0.15, 0.2) is 9.27 Å². The molecule has 0 radical (unpaired) electrons. The van der Waals surface area contributed by atoms with Gasteiger partial charge in [-0.05, 0) is 35.8 Å². The van der Waals surface area contributed by atoms with Crippen LogP contribution in [0.25, 0.3) is 0 Å². The van der Waals surface area contributed by atoms with Crippen LogP contribution >= 0.6 is 27.7 Å². The van der Waals surface area contributed by atoms with Gasteiger partial charge in [0.1, 0.15) is 10.3 Å². The molecule has 1 N–H and O–H groups in total. The summed E-state index contributed by atoms with van der Waals surface area (Å²) in [5, 5.41) is 0. The standard InChI is InChI=1S/C12H16BrN3OS/c1-16-4-5-18-6-8(16)11-14-10(7-2-3-7)9(13)12(17)15-11/h7-8H,2-6H2,1H3,(H,14,15,17). The maximum Gasteiger partial charge on any atom is 0.265 e. The first-order chi connectivity index (χ1) is 8.66. The maximum absolute atomic E-state index is 12.0. The van der Waals surface area contributed by atoms with Crippen molar-refractivity contribution < 1.29 is 0 Å². The average Bonchev–Trinajstić information content (AvgIpc) is 3.17. The van der Waals surface area contributed by atoms with Gasteiger partial charge in [-0.25, -0.2) is 4.98 Å². The molecule has 1 saturated carbocycles. The van der Waals surface area contributed by atoms with Gasteiger partial charge in [0, 0.05) is 24.0 Å². The zero-order valence-corrected chi connectivity index (χ0v) is 12.7. The molecule has 4 nitrogen and oxygen atoms in total. The van der Waals surface area contributed by atoms with Crippen LogP contribution in [0, 0.1) is 0 Å². The topological polar surface area (TPSA) is 49.0 Å². The van der Waals surface area contributed by atoms with Gasteiger partial charge in [0.15, 0.2) is 0 Å². The van der Waals surface area contributed by atoms with Crippen molar-refractivity contribution in [2.75, 3.05) is 25.1 Å². The molecule has 1 aliphatic carbocycles. The van der Waals surface area contributed by atoms with Crippen LogP contribution in [0.1, 0.15) is 36.3 Å². The fourth-order valence-corrected chi connectivity index (χ4v) is 3.98. The van der Waals surface area contributed by atoms with E-state index in [0.717, 1.165) is 42.4 Å². The second-order valence-electron chi connectivity index (χ2n) is 5.00. The van der Waals surface area contributed by atoms with Crippen molar-refractivity contribution >= 4 is 27.7 Å². The number of nitrogens with one attached hydrogen (secondary N) is 1. The van der Waals surface area contributed by atoms with Gasteiger partial charge >= 0.3 is 0 Å². The summed E-state index contributed by atoms with van der Waals surface area (Å²) >= 11 is 5.30. The molecule has 1 aliphatic heterocycles. The Morgan fingerprint density at radius 2 is 2.28 bits per heavy atom. The Morgan fingerprint density at radius 1 is 1.50 bits per heavy atom. The van der Waals surface area contributed by atoms with Gasteiger partial charge in [-0.3, -0.25) is 9.69 Å². The van der Waals surface area contributed by atoms with Gasteiger partial charge in [0.2, 0.25) is 0 Å². The summed E-state index contributed by atoms with van der Waals surface area (Å²) in [4.78, 5) is 21.9. The Labute approximate surface area is 119 Å². The van der Waals surface area contributed by atoms with Crippen LogP contribution in [0.3, 0.4) is 0 Å². The Hall–Kier alpha value is -0.330. The number of rotatable bonds is 2. The zero-order valence-electron chi connectivity index (χ0n) is 10.3. The van der Waals surface area contributed by atoms with E-state index in [1.54, 1.807) is 0 Å². The second-order valence-corrected chi connectivity index (χ2v) is 6.94. The summed E-state index contributed by atoms with van der Waals surface area (Å²) < 4.78 is 0.625. The number of H-pyrrole nitrogens is 1. The normalized spacial score (nSPS) is 25.3. The largest absolute Gasteiger partial charge is 0.308 e. The lowest BCUT2D eigenvalue weighted by Gasteiger charge is -2.31. The summed E-state index contributed by atoms with van der Waals surface area (Å²) in [5.41, 5.74) is 0.920. The van der Waals surface area contributed by atoms with Crippen molar-refractivity contribution in [3.8, 4) is 0 Å². The van der Waals surface area contributed by atoms with Gasteiger partial charge in [-0.15, -0.1) is 0 Å². The average molecular weight is 330 g/mol. The smallest absolute Gasteiger partial charge is 0.265 e. The first kappa shape index (κ1) is 12.7. The van der Waals surface area contributed by atoms with E-state index in [0.29, 0.717) is 10.4 Å². The highest BCUT2D eigenvalue weighted by atomic mass is 79.9. The molecule has 1 aromatic rings. The molecule has 1 unspecified atom stereocenters. The van der Waals surface area contributed by atoms with Gasteiger partial charge in [0.25, 0.3) is 5.56 Å². The van der Waals surface area contributed by atoms with E-state index in [2.05, 4.69) is 32.9 Å². The maximum atomic E-state index is 12.0. The molecular formula is C12H16BrN3OS. The molecule has 2 heterocycles. The van der Waals surface area contributed by atoms with Crippen molar-refractivity contribution in [2.24, 2.45) is 0 Å². The van der Waals surface area contributed by atoms with Crippen LogP contribution in [-0.4, -0.2) is 40.0 Å². The monoisotopic (exact) mass is 329 g/mol. The van der Waals surface area contributed by atoms with Crippen LogP contribution in [-0.2, 0) is 0 Å². The van der Waals surface area contributed by atoms with Gasteiger partial charge < -0.3 is 4.98 Å². The number of halogens is 1. The number of aromatic nitrogens is 2. The predicted octanol–water partition coefficient (Wildman–Crippen LogP) is 2.13. The molecule has 1 aromatic heterocycles. The molecule has 1 atom stereocenters. The number of thioether (sulfide) groups is 1. The minimum atomic E-state index is -0.0362.